The molecule has 0 saturated heterocycles. The van der Waals surface area contributed by atoms with E-state index in [4.69, 9.17) is 18.9 Å². The van der Waals surface area contributed by atoms with Gasteiger partial charge in [-0.25, -0.2) is 0 Å². The molecule has 0 aliphatic rings. The van der Waals surface area contributed by atoms with Crippen molar-refractivity contribution in [3.8, 4) is 0 Å². The largest absolute Gasteiger partial charge is 0.545 e. The average Bonchev–Trinajstić information content (AvgIpc) is 3.42. The number of rotatable bonds is 60. The summed E-state index contributed by atoms with van der Waals surface area (Å²) < 4.78 is 22.5. The molecule has 2 atom stereocenters. The maximum absolute atomic E-state index is 12.8. The number of nitrogens with zero attached hydrogens (tertiary/aromatic N) is 1. The predicted molar refractivity (Wildman–Crippen MR) is 334 cm³/mol. The normalized spacial score (nSPS) is 13.3. The van der Waals surface area contributed by atoms with E-state index < -0.39 is 24.3 Å². The number of carboxylic acids is 1. The zero-order valence-corrected chi connectivity index (χ0v) is 52.0. The highest BCUT2D eigenvalue weighted by Gasteiger charge is 2.21. The Morgan fingerprint density at radius 1 is 0.405 bits per heavy atom. The van der Waals surface area contributed by atoms with Gasteiger partial charge in [-0.15, -0.1) is 0 Å². The van der Waals surface area contributed by atoms with Gasteiger partial charge in [0.05, 0.1) is 46.7 Å². The SMILES string of the molecule is CC/C=C\C/C=C\C/C=C\C/C=C\C/C=C\CC(=O)OC(COC(=O)CCCCCCCCCCCCCCCCCCCCCCCCCCCCC/C=C\C/C=C\CCCCCCC)COC(OCC[N+](C)(C)C)C(=O)[O-]. The van der Waals surface area contributed by atoms with Crippen LogP contribution in [0, 0.1) is 0 Å². The molecule has 0 aliphatic carbocycles. The van der Waals surface area contributed by atoms with Gasteiger partial charge in [0.15, 0.2) is 12.4 Å². The van der Waals surface area contributed by atoms with Crippen molar-refractivity contribution >= 4 is 17.9 Å². The fourth-order valence-corrected chi connectivity index (χ4v) is 9.17. The van der Waals surface area contributed by atoms with Crippen molar-refractivity contribution in [2.24, 2.45) is 0 Å². The van der Waals surface area contributed by atoms with Gasteiger partial charge in [0, 0.05) is 6.42 Å². The summed E-state index contributed by atoms with van der Waals surface area (Å²) in [5.41, 5.74) is 0. The molecule has 0 bridgehead atoms. The number of ether oxygens (including phenoxy) is 4. The van der Waals surface area contributed by atoms with Crippen molar-refractivity contribution in [2.45, 2.75) is 296 Å². The Labute approximate surface area is 487 Å². The van der Waals surface area contributed by atoms with Gasteiger partial charge in [-0.3, -0.25) is 9.59 Å². The minimum absolute atomic E-state index is 0.0142. The van der Waals surface area contributed by atoms with Crippen LogP contribution in [0.15, 0.2) is 85.1 Å². The van der Waals surface area contributed by atoms with Crippen LogP contribution in [0.4, 0.5) is 0 Å². The molecule has 0 heterocycles. The summed E-state index contributed by atoms with van der Waals surface area (Å²) in [5, 5.41) is 11.8. The summed E-state index contributed by atoms with van der Waals surface area (Å²) in [4.78, 5) is 37.2. The Hall–Kier alpha value is -3.53. The first-order valence-electron chi connectivity index (χ1n) is 32.7. The summed E-state index contributed by atoms with van der Waals surface area (Å²) in [5.74, 6) is -2.44. The topological polar surface area (TPSA) is 111 Å². The first-order valence-corrected chi connectivity index (χ1v) is 32.7. The molecule has 0 N–H and O–H groups in total. The number of esters is 2. The van der Waals surface area contributed by atoms with Crippen LogP contribution < -0.4 is 5.11 Å². The Bertz CT molecular complexity index is 1570. The maximum Gasteiger partial charge on any atom is 0.310 e. The number of hydrogen-bond donors (Lipinski definition) is 0. The Balaban J connectivity index is 3.98. The molecule has 0 fully saturated rings. The molecule has 0 aliphatic heterocycles. The van der Waals surface area contributed by atoms with Crippen molar-refractivity contribution in [1.29, 1.82) is 0 Å². The van der Waals surface area contributed by atoms with Crippen LogP contribution in [-0.4, -0.2) is 82.3 Å². The molecule has 2 unspecified atom stereocenters. The molecule has 9 nitrogen and oxygen atoms in total. The number of hydrogen-bond acceptors (Lipinski definition) is 8. The number of quaternary nitrogens is 1. The van der Waals surface area contributed by atoms with Gasteiger partial charge in [-0.1, -0.05) is 285 Å². The molecule has 0 radical (unpaired) electrons. The van der Waals surface area contributed by atoms with Crippen molar-refractivity contribution < 1.29 is 42.9 Å². The molecule has 0 rings (SSSR count). The molecule has 9 heteroatoms. The van der Waals surface area contributed by atoms with Gasteiger partial charge in [0.2, 0.25) is 0 Å². The van der Waals surface area contributed by atoms with Gasteiger partial charge in [0.25, 0.3) is 0 Å². The second-order valence-corrected chi connectivity index (χ2v) is 23.0. The van der Waals surface area contributed by atoms with Gasteiger partial charge in [-0.05, 0) is 70.6 Å². The fourth-order valence-electron chi connectivity index (χ4n) is 9.17. The van der Waals surface area contributed by atoms with Crippen LogP contribution in [0.1, 0.15) is 284 Å². The summed E-state index contributed by atoms with van der Waals surface area (Å²) in [7, 11) is 5.89. The van der Waals surface area contributed by atoms with E-state index in [1.54, 1.807) is 6.08 Å². The minimum Gasteiger partial charge on any atom is -0.545 e. The van der Waals surface area contributed by atoms with E-state index in [-0.39, 0.29) is 38.6 Å². The predicted octanol–water partition coefficient (Wildman–Crippen LogP) is 18.6. The van der Waals surface area contributed by atoms with Gasteiger partial charge >= 0.3 is 11.9 Å². The summed E-state index contributed by atoms with van der Waals surface area (Å²) in [6.07, 6.45) is 78.7. The van der Waals surface area contributed by atoms with Gasteiger partial charge in [0.1, 0.15) is 13.2 Å². The smallest absolute Gasteiger partial charge is 0.310 e. The lowest BCUT2D eigenvalue weighted by Gasteiger charge is -2.26. The monoisotopic (exact) mass is 1110 g/mol. The molecule has 0 aromatic carbocycles. The van der Waals surface area contributed by atoms with Crippen LogP contribution in [0.3, 0.4) is 0 Å². The number of carboxylic acid groups (broad SMARTS) is 1. The molecule has 0 amide bonds. The highest BCUT2D eigenvalue weighted by Crippen LogP contribution is 2.17. The highest BCUT2D eigenvalue weighted by molar-refractivity contribution is 5.71. The third-order valence-electron chi connectivity index (χ3n) is 14.2. The van der Waals surface area contributed by atoms with E-state index in [1.807, 2.05) is 33.3 Å². The molecule has 456 valence electrons. The summed E-state index contributed by atoms with van der Waals surface area (Å²) in [6, 6.07) is 0. The Morgan fingerprint density at radius 3 is 1.14 bits per heavy atom. The molecule has 0 spiro atoms. The molecule has 0 aromatic heterocycles. The lowest BCUT2D eigenvalue weighted by atomic mass is 10.0. The van der Waals surface area contributed by atoms with Crippen molar-refractivity contribution in [3.63, 3.8) is 0 Å². The number of carbonyl (C=O) groups excluding carboxylic acids is 3. The number of carbonyl (C=O) groups is 3. The molecule has 0 saturated carbocycles. The molecular formula is C70H123NO8. The summed E-state index contributed by atoms with van der Waals surface area (Å²) >= 11 is 0. The molecule has 79 heavy (non-hydrogen) atoms. The van der Waals surface area contributed by atoms with Crippen molar-refractivity contribution in [2.75, 3.05) is 47.5 Å². The molecular weight excluding hydrogens is 983 g/mol. The highest BCUT2D eigenvalue weighted by atomic mass is 16.7. The van der Waals surface area contributed by atoms with Gasteiger partial charge < -0.3 is 33.3 Å². The van der Waals surface area contributed by atoms with Crippen molar-refractivity contribution in [1.82, 2.24) is 0 Å². The zero-order valence-electron chi connectivity index (χ0n) is 52.0. The maximum atomic E-state index is 12.8. The number of unbranched alkanes of at least 4 members (excludes halogenated alkanes) is 32. The molecule has 0 aromatic rings. The lowest BCUT2D eigenvalue weighted by Crippen LogP contribution is -2.44. The van der Waals surface area contributed by atoms with E-state index >= 15 is 0 Å². The van der Waals surface area contributed by atoms with E-state index in [0.717, 1.165) is 51.4 Å². The van der Waals surface area contributed by atoms with Gasteiger partial charge in [-0.2, -0.15) is 0 Å². The number of aliphatic carboxylic acids is 1. The average molecular weight is 1110 g/mol. The summed E-state index contributed by atoms with van der Waals surface area (Å²) in [6.45, 7) is 4.52. The first-order chi connectivity index (χ1) is 38.6. The third-order valence-corrected chi connectivity index (χ3v) is 14.2. The standard InChI is InChI=1S/C70H123NO8/c1-6-8-10-12-14-16-18-20-22-23-24-25-26-27-28-29-30-31-32-33-34-35-36-37-38-39-40-41-42-43-44-45-47-48-50-52-54-56-58-60-67(72)77-64-66(65-78-70(69(74)75)76-63-62-71(3,4)5)79-68(73)61-59-57-55-53-51-49-46-21-19-17-15-13-11-9-7-2/h9,11,15,17-18,20-21,23-24,46,51,53,57,59,66,70H,6-8,10,12-14,16,19,22,25-45,47-50,52,54-56,58,60-65H2,1-5H3/b11-9-,17-15-,20-18-,24-23-,46-21-,53-51-,59-57-. The fraction of sp³-hybridized carbons (Fsp3) is 0.757. The van der Waals surface area contributed by atoms with E-state index in [9.17, 15) is 19.5 Å². The minimum atomic E-state index is -1.65. The first kappa shape index (κ1) is 75.5. The Kier molecular flexibility index (Phi) is 57.9. The quantitative estimate of drug-likeness (QED) is 0.0195. The van der Waals surface area contributed by atoms with Crippen LogP contribution >= 0.6 is 0 Å². The second-order valence-electron chi connectivity index (χ2n) is 23.0. The Morgan fingerprint density at radius 2 is 0.759 bits per heavy atom. The second kappa shape index (κ2) is 60.6. The third kappa shape index (κ3) is 61.9. The number of allylic oxidation sites excluding steroid dienone is 13. The van der Waals surface area contributed by atoms with Crippen molar-refractivity contribution in [3.05, 3.63) is 85.1 Å². The van der Waals surface area contributed by atoms with Crippen LogP contribution in [0.5, 0.6) is 0 Å². The zero-order chi connectivity index (χ0) is 57.6. The van der Waals surface area contributed by atoms with E-state index in [2.05, 4.69) is 80.7 Å². The van der Waals surface area contributed by atoms with Crippen LogP contribution in [0.25, 0.3) is 0 Å². The lowest BCUT2D eigenvalue weighted by molar-refractivity contribution is -0.870. The van der Waals surface area contributed by atoms with Crippen LogP contribution in [-0.2, 0) is 33.3 Å². The van der Waals surface area contributed by atoms with E-state index in [1.165, 1.54) is 199 Å². The van der Waals surface area contributed by atoms with Crippen LogP contribution in [0.2, 0.25) is 0 Å². The number of likely N-dealkylation sites (N-methyl/N-ethyl adjacent to an activating group) is 1. The van der Waals surface area contributed by atoms with E-state index in [0.29, 0.717) is 17.4 Å².